The average Bonchev–Trinajstić information content (AvgIpc) is 3.55. The molecule has 1 N–H and O–H groups in total. The second kappa shape index (κ2) is 13.7. The van der Waals surface area contributed by atoms with Crippen LogP contribution in [-0.2, 0) is 7.05 Å². The maximum atomic E-state index is 7.02. The first-order chi connectivity index (χ1) is 29.2. The van der Waals surface area contributed by atoms with Crippen molar-refractivity contribution in [1.82, 2.24) is 4.57 Å². The van der Waals surface area contributed by atoms with Gasteiger partial charge in [0, 0.05) is 63.5 Å². The SMILES string of the molecule is Cc1ccc(N(c2ccc(C)cc2)c2cc3c4c(c2)Oc2ccc(C)cc2B4c2c(cc(N(c4ccc(C)cc4)c4ccc(C)cc4)c4c2c2ccccc2n4C)N3)cc1. The van der Waals surface area contributed by atoms with Crippen LogP contribution in [0.4, 0.5) is 45.5 Å². The zero-order valence-corrected chi connectivity index (χ0v) is 34.8. The highest BCUT2D eigenvalue weighted by atomic mass is 16.5. The first-order valence-electron chi connectivity index (χ1n) is 20.8. The number of rotatable bonds is 6. The molecule has 0 atom stereocenters. The molecule has 0 radical (unpaired) electrons. The lowest BCUT2D eigenvalue weighted by atomic mass is 9.33. The quantitative estimate of drug-likeness (QED) is 0.171. The molecule has 0 saturated heterocycles. The maximum absolute atomic E-state index is 7.02. The lowest BCUT2D eigenvalue weighted by molar-refractivity contribution is 0.487. The number of ether oxygens (including phenoxy) is 1. The molecule has 0 spiro atoms. The van der Waals surface area contributed by atoms with Crippen molar-refractivity contribution in [3.63, 3.8) is 0 Å². The molecule has 9 aromatic rings. The summed E-state index contributed by atoms with van der Waals surface area (Å²) in [5, 5.41) is 6.56. The molecule has 11 rings (SSSR count). The number of hydrogen-bond donors (Lipinski definition) is 1. The van der Waals surface area contributed by atoms with Gasteiger partial charge in [-0.05, 0) is 124 Å². The fraction of sp³-hybridized carbons (Fsp3) is 0.111. The Labute approximate surface area is 352 Å². The van der Waals surface area contributed by atoms with E-state index in [1.165, 1.54) is 60.5 Å². The van der Waals surface area contributed by atoms with Crippen molar-refractivity contribution in [1.29, 1.82) is 0 Å². The third-order valence-corrected chi connectivity index (χ3v) is 12.5. The zero-order valence-electron chi connectivity index (χ0n) is 34.8. The van der Waals surface area contributed by atoms with Crippen LogP contribution in [0.25, 0.3) is 21.8 Å². The molecule has 0 amide bonds. The van der Waals surface area contributed by atoms with Crippen molar-refractivity contribution < 1.29 is 4.74 Å². The molecule has 2 aliphatic rings. The summed E-state index contributed by atoms with van der Waals surface area (Å²) in [7, 11) is 2.22. The summed E-state index contributed by atoms with van der Waals surface area (Å²) in [6, 6.07) is 57.9. The zero-order chi connectivity index (χ0) is 40.8. The number of aromatic nitrogens is 1. The number of anilines is 8. The minimum Gasteiger partial charge on any atom is -0.458 e. The van der Waals surface area contributed by atoms with Crippen LogP contribution in [0.1, 0.15) is 27.8 Å². The normalized spacial score (nSPS) is 12.4. The second-order valence-corrected chi connectivity index (χ2v) is 16.8. The minimum atomic E-state index is -0.0781. The Balaban J connectivity index is 1.22. The number of hydrogen-bond acceptors (Lipinski definition) is 4. The van der Waals surface area contributed by atoms with Crippen molar-refractivity contribution in [3.05, 3.63) is 186 Å². The van der Waals surface area contributed by atoms with E-state index in [9.17, 15) is 0 Å². The van der Waals surface area contributed by atoms with E-state index in [2.05, 4.69) is 219 Å². The van der Waals surface area contributed by atoms with E-state index in [1.807, 2.05) is 0 Å². The van der Waals surface area contributed by atoms with Crippen molar-refractivity contribution in [2.75, 3.05) is 15.1 Å². The van der Waals surface area contributed by atoms with Gasteiger partial charge < -0.3 is 24.4 Å². The fourth-order valence-corrected chi connectivity index (χ4v) is 9.54. The Hall–Kier alpha value is -7.18. The predicted molar refractivity (Wildman–Crippen MR) is 254 cm³/mol. The summed E-state index contributed by atoms with van der Waals surface area (Å²) in [6.45, 7) is 10.7. The van der Waals surface area contributed by atoms with E-state index < -0.39 is 0 Å². The summed E-state index contributed by atoms with van der Waals surface area (Å²) < 4.78 is 9.41. The van der Waals surface area contributed by atoms with Crippen LogP contribution < -0.4 is 36.2 Å². The highest BCUT2D eigenvalue weighted by molar-refractivity contribution is 7.00. The van der Waals surface area contributed by atoms with Crippen molar-refractivity contribution in [3.8, 4) is 11.5 Å². The van der Waals surface area contributed by atoms with E-state index in [4.69, 9.17) is 4.74 Å². The van der Waals surface area contributed by atoms with Gasteiger partial charge in [-0.15, -0.1) is 0 Å². The average molecular weight is 777 g/mol. The molecule has 0 unspecified atom stereocenters. The van der Waals surface area contributed by atoms with Crippen LogP contribution in [0.15, 0.2) is 158 Å². The van der Waals surface area contributed by atoms with Crippen LogP contribution in [-0.4, -0.2) is 11.3 Å². The fourth-order valence-electron chi connectivity index (χ4n) is 9.54. The Bertz CT molecular complexity index is 3060. The Morgan fingerprint density at radius 3 is 1.58 bits per heavy atom. The van der Waals surface area contributed by atoms with Gasteiger partial charge in [-0.2, -0.15) is 0 Å². The highest BCUT2D eigenvalue weighted by Crippen LogP contribution is 2.47. The van der Waals surface area contributed by atoms with Crippen molar-refractivity contribution >= 4 is 90.4 Å². The van der Waals surface area contributed by atoms with Gasteiger partial charge in [0.2, 0.25) is 0 Å². The molecule has 0 aliphatic carbocycles. The van der Waals surface area contributed by atoms with Crippen LogP contribution in [0.2, 0.25) is 0 Å². The van der Waals surface area contributed by atoms with Crippen LogP contribution in [0.3, 0.4) is 0 Å². The molecule has 3 heterocycles. The molecule has 290 valence electrons. The number of benzene rings is 8. The standard InChI is InChI=1S/C54H45BN4O/c1-33-11-20-38(21-12-33)58(39-22-13-34(2)14-23-39)42-30-45-52-50(31-42)60-49-28-19-37(5)29-44(49)55(52)53-46(56-45)32-48(54-51(53)43-9-7-8-10-47(43)57(54)6)59(40-24-15-35(3)16-25-40)41-26-17-36(4)18-27-41/h7-32,56H,1-6H3. The summed E-state index contributed by atoms with van der Waals surface area (Å²) in [4.78, 5) is 4.77. The largest absolute Gasteiger partial charge is 0.458 e. The molecule has 0 bridgehead atoms. The topological polar surface area (TPSA) is 32.7 Å². The Morgan fingerprint density at radius 1 is 0.483 bits per heavy atom. The highest BCUT2D eigenvalue weighted by Gasteiger charge is 2.42. The van der Waals surface area contributed by atoms with E-state index >= 15 is 0 Å². The van der Waals surface area contributed by atoms with Crippen LogP contribution in [0, 0.1) is 34.6 Å². The molecule has 0 saturated carbocycles. The second-order valence-electron chi connectivity index (χ2n) is 16.8. The smallest absolute Gasteiger partial charge is 0.257 e. The van der Waals surface area contributed by atoms with Crippen LogP contribution in [0.5, 0.6) is 11.5 Å². The van der Waals surface area contributed by atoms with Gasteiger partial charge in [0.1, 0.15) is 11.5 Å². The van der Waals surface area contributed by atoms with E-state index in [-0.39, 0.29) is 6.71 Å². The molecular formula is C54H45BN4O. The minimum absolute atomic E-state index is 0.0781. The first kappa shape index (κ1) is 35.9. The maximum Gasteiger partial charge on any atom is 0.257 e. The molecule has 6 heteroatoms. The van der Waals surface area contributed by atoms with E-state index in [0.29, 0.717) is 0 Å². The summed E-state index contributed by atoms with van der Waals surface area (Å²) in [5.74, 6) is 1.76. The third-order valence-electron chi connectivity index (χ3n) is 12.5. The number of aryl methyl sites for hydroxylation is 6. The van der Waals surface area contributed by atoms with Crippen molar-refractivity contribution in [2.45, 2.75) is 34.6 Å². The molecule has 0 fully saturated rings. The summed E-state index contributed by atoms with van der Waals surface area (Å²) >= 11 is 0. The number of fused-ring (bicyclic) bond motifs is 8. The van der Waals surface area contributed by atoms with E-state index in [0.717, 1.165) is 62.5 Å². The predicted octanol–water partition coefficient (Wildman–Crippen LogP) is 12.5. The Kier molecular flexibility index (Phi) is 8.21. The lowest BCUT2D eigenvalue weighted by Gasteiger charge is -2.37. The molecule has 8 aromatic carbocycles. The van der Waals surface area contributed by atoms with E-state index in [1.54, 1.807) is 0 Å². The lowest BCUT2D eigenvalue weighted by Crippen LogP contribution is -2.58. The van der Waals surface area contributed by atoms with Gasteiger partial charge in [0.05, 0.1) is 16.9 Å². The van der Waals surface area contributed by atoms with Gasteiger partial charge in [-0.3, -0.25) is 0 Å². The Morgan fingerprint density at radius 2 is 1.00 bits per heavy atom. The van der Waals surface area contributed by atoms with Gasteiger partial charge in [-0.25, -0.2) is 0 Å². The molecule has 60 heavy (non-hydrogen) atoms. The van der Waals surface area contributed by atoms with Gasteiger partial charge in [-0.1, -0.05) is 107 Å². The summed E-state index contributed by atoms with van der Waals surface area (Å²) in [5.41, 5.74) is 20.7. The van der Waals surface area contributed by atoms with Crippen LogP contribution >= 0.6 is 0 Å². The number of para-hydroxylation sites is 1. The molecular weight excluding hydrogens is 731 g/mol. The number of nitrogens with zero attached hydrogens (tertiary/aromatic N) is 3. The monoisotopic (exact) mass is 776 g/mol. The summed E-state index contributed by atoms with van der Waals surface area (Å²) in [6.07, 6.45) is 0. The molecule has 5 nitrogen and oxygen atoms in total. The van der Waals surface area contributed by atoms with Gasteiger partial charge in [0.15, 0.2) is 0 Å². The molecule has 2 aliphatic heterocycles. The number of nitrogens with one attached hydrogen (secondary N) is 1. The van der Waals surface area contributed by atoms with Crippen molar-refractivity contribution in [2.24, 2.45) is 7.05 Å². The van der Waals surface area contributed by atoms with Gasteiger partial charge >= 0.3 is 0 Å². The first-order valence-corrected chi connectivity index (χ1v) is 20.8. The third kappa shape index (κ3) is 5.70. The molecule has 1 aromatic heterocycles. The van der Waals surface area contributed by atoms with Gasteiger partial charge in [0.25, 0.3) is 6.71 Å².